The zero-order valence-corrected chi connectivity index (χ0v) is 19.2. The standard InChI is InChI=1S/C28H26O5/c1-5-32-23(16-11-19-9-7-6-8-10-19)27-26-24(31-4)17-22(30-3)18-25(26)33-28(27)20-12-14-21(29-2)15-13-20/h6-10,12-15,17-18,23H,5H2,1-4H3. The Hall–Kier alpha value is -3.88. The fraction of sp³-hybridized carbons (Fsp3) is 0.214. The summed E-state index contributed by atoms with van der Waals surface area (Å²) < 4.78 is 29.0. The number of methoxy groups -OCH3 is 3. The van der Waals surface area contributed by atoms with Crippen molar-refractivity contribution in [2.24, 2.45) is 0 Å². The molecule has 0 N–H and O–H groups in total. The Morgan fingerprint density at radius 2 is 1.58 bits per heavy atom. The molecule has 0 saturated carbocycles. The molecule has 1 heterocycles. The first-order valence-corrected chi connectivity index (χ1v) is 10.7. The lowest BCUT2D eigenvalue weighted by Gasteiger charge is -2.14. The van der Waals surface area contributed by atoms with Gasteiger partial charge in [0, 0.05) is 29.9 Å². The van der Waals surface area contributed by atoms with Crippen molar-refractivity contribution >= 4 is 11.0 Å². The number of hydrogen-bond acceptors (Lipinski definition) is 5. The van der Waals surface area contributed by atoms with Crippen LogP contribution in [0.25, 0.3) is 22.3 Å². The zero-order valence-electron chi connectivity index (χ0n) is 19.2. The molecule has 1 atom stereocenters. The highest BCUT2D eigenvalue weighted by Gasteiger charge is 2.26. The lowest BCUT2D eigenvalue weighted by molar-refractivity contribution is 0.104. The molecule has 4 aromatic rings. The van der Waals surface area contributed by atoms with Crippen LogP contribution in [-0.2, 0) is 4.74 Å². The maximum atomic E-state index is 6.37. The average molecular weight is 443 g/mol. The number of fused-ring (bicyclic) bond motifs is 1. The summed E-state index contributed by atoms with van der Waals surface area (Å²) in [6, 6.07) is 21.2. The maximum Gasteiger partial charge on any atom is 0.148 e. The van der Waals surface area contributed by atoms with E-state index >= 15 is 0 Å². The van der Waals surface area contributed by atoms with Gasteiger partial charge in [0.15, 0.2) is 0 Å². The van der Waals surface area contributed by atoms with E-state index in [1.165, 1.54) is 0 Å². The van der Waals surface area contributed by atoms with E-state index in [1.807, 2.05) is 73.7 Å². The van der Waals surface area contributed by atoms with Crippen molar-refractivity contribution in [3.63, 3.8) is 0 Å². The minimum absolute atomic E-state index is 0.487. The third-order valence-corrected chi connectivity index (χ3v) is 5.29. The van der Waals surface area contributed by atoms with Gasteiger partial charge in [-0.2, -0.15) is 0 Å². The summed E-state index contributed by atoms with van der Waals surface area (Å²) in [4.78, 5) is 0. The normalized spacial score (nSPS) is 11.5. The number of rotatable bonds is 7. The summed E-state index contributed by atoms with van der Waals surface area (Å²) in [6.07, 6.45) is -0.532. The van der Waals surface area contributed by atoms with Gasteiger partial charge in [-0.15, -0.1) is 0 Å². The van der Waals surface area contributed by atoms with Crippen LogP contribution in [0.2, 0.25) is 0 Å². The van der Waals surface area contributed by atoms with Gasteiger partial charge >= 0.3 is 0 Å². The highest BCUT2D eigenvalue weighted by Crippen LogP contribution is 2.44. The predicted molar refractivity (Wildman–Crippen MR) is 129 cm³/mol. The van der Waals surface area contributed by atoms with Crippen molar-refractivity contribution < 1.29 is 23.4 Å². The molecule has 0 spiro atoms. The van der Waals surface area contributed by atoms with E-state index in [9.17, 15) is 0 Å². The van der Waals surface area contributed by atoms with Crippen LogP contribution in [0.15, 0.2) is 71.1 Å². The molecule has 33 heavy (non-hydrogen) atoms. The summed E-state index contributed by atoms with van der Waals surface area (Å²) in [5.41, 5.74) is 3.25. The molecule has 0 amide bonds. The molecule has 5 nitrogen and oxygen atoms in total. The SMILES string of the molecule is CCOC(C#Cc1ccccc1)c1c(-c2ccc(OC)cc2)oc2cc(OC)cc(OC)c12. The summed E-state index contributed by atoms with van der Waals surface area (Å²) in [7, 11) is 4.88. The topological polar surface area (TPSA) is 50.1 Å². The van der Waals surface area contributed by atoms with Crippen molar-refractivity contribution in [3.05, 3.63) is 77.9 Å². The van der Waals surface area contributed by atoms with Gasteiger partial charge in [-0.05, 0) is 43.3 Å². The third kappa shape index (κ3) is 4.67. The van der Waals surface area contributed by atoms with Crippen LogP contribution in [0.3, 0.4) is 0 Å². The Bertz CT molecular complexity index is 1280. The molecule has 168 valence electrons. The minimum Gasteiger partial charge on any atom is -0.497 e. The second kappa shape index (κ2) is 10.2. The van der Waals surface area contributed by atoms with Gasteiger partial charge in [0.1, 0.15) is 34.7 Å². The fourth-order valence-electron chi connectivity index (χ4n) is 3.71. The van der Waals surface area contributed by atoms with Crippen LogP contribution in [0.1, 0.15) is 24.2 Å². The van der Waals surface area contributed by atoms with Gasteiger partial charge in [0.05, 0.1) is 32.3 Å². The first kappa shape index (κ1) is 22.3. The molecule has 4 rings (SSSR count). The van der Waals surface area contributed by atoms with Crippen molar-refractivity contribution in [2.45, 2.75) is 13.0 Å². The van der Waals surface area contributed by atoms with E-state index in [0.717, 1.165) is 27.8 Å². The quantitative estimate of drug-likeness (QED) is 0.317. The summed E-state index contributed by atoms with van der Waals surface area (Å²) >= 11 is 0. The van der Waals surface area contributed by atoms with Crippen LogP contribution in [0.4, 0.5) is 0 Å². The Morgan fingerprint density at radius 3 is 2.21 bits per heavy atom. The molecule has 3 aromatic carbocycles. The highest BCUT2D eigenvalue weighted by atomic mass is 16.5. The van der Waals surface area contributed by atoms with Gasteiger partial charge in [-0.1, -0.05) is 30.0 Å². The maximum absolute atomic E-state index is 6.37. The largest absolute Gasteiger partial charge is 0.497 e. The third-order valence-electron chi connectivity index (χ3n) is 5.29. The molecule has 0 aliphatic rings. The average Bonchev–Trinajstić information content (AvgIpc) is 3.26. The summed E-state index contributed by atoms with van der Waals surface area (Å²) in [6.45, 7) is 2.44. The molecule has 0 radical (unpaired) electrons. The monoisotopic (exact) mass is 442 g/mol. The van der Waals surface area contributed by atoms with Crippen LogP contribution in [-0.4, -0.2) is 27.9 Å². The van der Waals surface area contributed by atoms with E-state index < -0.39 is 6.10 Å². The van der Waals surface area contributed by atoms with Gasteiger partial charge in [0.2, 0.25) is 0 Å². The molecular weight excluding hydrogens is 416 g/mol. The molecular formula is C28H26O5. The fourth-order valence-corrected chi connectivity index (χ4v) is 3.71. The van der Waals surface area contributed by atoms with Crippen molar-refractivity contribution in [3.8, 4) is 40.4 Å². The molecule has 1 aromatic heterocycles. The molecule has 0 aliphatic heterocycles. The summed E-state index contributed by atoms with van der Waals surface area (Å²) in [5, 5.41) is 0.810. The van der Waals surface area contributed by atoms with Crippen molar-refractivity contribution in [1.82, 2.24) is 0 Å². The second-order valence-corrected chi connectivity index (χ2v) is 7.25. The molecule has 0 bridgehead atoms. The Morgan fingerprint density at radius 1 is 0.848 bits per heavy atom. The van der Waals surface area contributed by atoms with Gasteiger partial charge in [0.25, 0.3) is 0 Å². The second-order valence-electron chi connectivity index (χ2n) is 7.25. The molecule has 0 fully saturated rings. The first-order chi connectivity index (χ1) is 16.2. The smallest absolute Gasteiger partial charge is 0.148 e. The molecule has 5 heteroatoms. The van der Waals surface area contributed by atoms with Gasteiger partial charge in [-0.3, -0.25) is 0 Å². The summed E-state index contributed by atoms with van der Waals surface area (Å²) in [5.74, 6) is 9.25. The van der Waals surface area contributed by atoms with Gasteiger partial charge in [-0.25, -0.2) is 0 Å². The number of furan rings is 1. The van der Waals surface area contributed by atoms with Gasteiger partial charge < -0.3 is 23.4 Å². The molecule has 1 unspecified atom stereocenters. The van der Waals surface area contributed by atoms with Crippen LogP contribution in [0, 0.1) is 11.8 Å². The Kier molecular flexibility index (Phi) is 6.87. The lowest BCUT2D eigenvalue weighted by Crippen LogP contribution is -2.03. The van der Waals surface area contributed by atoms with E-state index in [4.69, 9.17) is 23.4 Å². The van der Waals surface area contributed by atoms with Crippen LogP contribution < -0.4 is 14.2 Å². The van der Waals surface area contributed by atoms with E-state index in [-0.39, 0.29) is 0 Å². The van der Waals surface area contributed by atoms with E-state index in [2.05, 4.69) is 11.8 Å². The Balaban J connectivity index is 1.96. The number of benzene rings is 3. The molecule has 0 aliphatic carbocycles. The van der Waals surface area contributed by atoms with Crippen molar-refractivity contribution in [2.75, 3.05) is 27.9 Å². The first-order valence-electron chi connectivity index (χ1n) is 10.7. The van der Waals surface area contributed by atoms with E-state index in [0.29, 0.717) is 29.4 Å². The number of ether oxygens (including phenoxy) is 4. The number of hydrogen-bond donors (Lipinski definition) is 0. The van der Waals surface area contributed by atoms with Crippen LogP contribution >= 0.6 is 0 Å². The zero-order chi connectivity index (χ0) is 23.2. The van der Waals surface area contributed by atoms with E-state index in [1.54, 1.807) is 21.3 Å². The predicted octanol–water partition coefficient (Wildman–Crippen LogP) is 6.25. The lowest BCUT2D eigenvalue weighted by atomic mass is 9.99. The minimum atomic E-state index is -0.532. The Labute approximate surface area is 193 Å². The van der Waals surface area contributed by atoms with Crippen LogP contribution in [0.5, 0.6) is 17.2 Å². The van der Waals surface area contributed by atoms with Crippen molar-refractivity contribution in [1.29, 1.82) is 0 Å². The highest BCUT2D eigenvalue weighted by molar-refractivity contribution is 5.95. The molecule has 0 saturated heterocycles.